The van der Waals surface area contributed by atoms with Crippen LogP contribution in [-0.4, -0.2) is 23.7 Å². The molecule has 0 atom stereocenters. The van der Waals surface area contributed by atoms with Crippen molar-refractivity contribution in [2.75, 3.05) is 6.61 Å². The molecule has 5 heteroatoms. The van der Waals surface area contributed by atoms with Gasteiger partial charge in [-0.1, -0.05) is 24.8 Å². The number of carbonyl (C=O) groups excluding carboxylic acids is 1. The highest BCUT2D eigenvalue weighted by atomic mass is 16.5. The van der Waals surface area contributed by atoms with E-state index in [4.69, 9.17) is 4.74 Å². The summed E-state index contributed by atoms with van der Waals surface area (Å²) < 4.78 is 5.42. The molecule has 0 saturated carbocycles. The lowest BCUT2D eigenvalue weighted by Crippen LogP contribution is -2.17. The van der Waals surface area contributed by atoms with Crippen LogP contribution in [0.15, 0.2) is 66.5 Å². The van der Waals surface area contributed by atoms with Gasteiger partial charge in [-0.15, -0.1) is 0 Å². The molecule has 0 bridgehead atoms. The third kappa shape index (κ3) is 4.58. The number of hydrazone groups is 1. The largest absolute Gasteiger partial charge is 0.490 e. The molecule has 106 valence electrons. The highest BCUT2D eigenvalue weighted by molar-refractivity contribution is 5.94. The van der Waals surface area contributed by atoms with Crippen LogP contribution in [0.25, 0.3) is 0 Å². The van der Waals surface area contributed by atoms with Gasteiger partial charge in [-0.3, -0.25) is 9.78 Å². The van der Waals surface area contributed by atoms with Crippen molar-refractivity contribution in [2.45, 2.75) is 0 Å². The molecule has 1 N–H and O–H groups in total. The average molecular weight is 281 g/mol. The van der Waals surface area contributed by atoms with Gasteiger partial charge in [-0.2, -0.15) is 5.10 Å². The van der Waals surface area contributed by atoms with Crippen molar-refractivity contribution in [3.8, 4) is 5.75 Å². The number of rotatable bonds is 6. The zero-order chi connectivity index (χ0) is 14.9. The van der Waals surface area contributed by atoms with Gasteiger partial charge in [0.15, 0.2) is 0 Å². The van der Waals surface area contributed by atoms with E-state index in [-0.39, 0.29) is 5.91 Å². The maximum absolute atomic E-state index is 11.7. The Bertz CT molecular complexity index is 639. The maximum atomic E-state index is 11.7. The molecule has 0 radical (unpaired) electrons. The monoisotopic (exact) mass is 281 g/mol. The third-order valence-corrected chi connectivity index (χ3v) is 2.53. The van der Waals surface area contributed by atoms with Crippen LogP contribution < -0.4 is 10.2 Å². The first kappa shape index (κ1) is 14.5. The Labute approximate surface area is 123 Å². The molecule has 0 saturated heterocycles. The van der Waals surface area contributed by atoms with Crippen LogP contribution in [0.1, 0.15) is 15.9 Å². The van der Waals surface area contributed by atoms with Crippen LogP contribution in [0, 0.1) is 0 Å². The molecule has 0 aliphatic rings. The van der Waals surface area contributed by atoms with Gasteiger partial charge in [0.1, 0.15) is 12.4 Å². The smallest absolute Gasteiger partial charge is 0.272 e. The van der Waals surface area contributed by atoms with E-state index in [9.17, 15) is 4.79 Å². The molecule has 0 fully saturated rings. The zero-order valence-electron chi connectivity index (χ0n) is 11.4. The number of aromatic nitrogens is 1. The molecular formula is C16H15N3O2. The summed E-state index contributed by atoms with van der Waals surface area (Å²) in [6.45, 7) is 4.03. The van der Waals surface area contributed by atoms with E-state index in [2.05, 4.69) is 22.1 Å². The fraction of sp³-hybridized carbons (Fsp3) is 0.0625. The molecule has 0 aliphatic heterocycles. The molecule has 1 aromatic carbocycles. The normalized spacial score (nSPS) is 10.3. The van der Waals surface area contributed by atoms with Crippen LogP contribution in [0.5, 0.6) is 5.75 Å². The summed E-state index contributed by atoms with van der Waals surface area (Å²) in [5.41, 5.74) is 3.72. The fourth-order valence-corrected chi connectivity index (χ4v) is 1.57. The van der Waals surface area contributed by atoms with Gasteiger partial charge in [-0.05, 0) is 29.8 Å². The predicted octanol–water partition coefficient (Wildman–Crippen LogP) is 2.41. The molecule has 0 spiro atoms. The summed E-state index contributed by atoms with van der Waals surface area (Å²) in [4.78, 5) is 15.6. The van der Waals surface area contributed by atoms with E-state index in [0.29, 0.717) is 12.2 Å². The molecule has 1 heterocycles. The Hall–Kier alpha value is -2.95. The van der Waals surface area contributed by atoms with Crippen molar-refractivity contribution in [3.05, 3.63) is 72.6 Å². The van der Waals surface area contributed by atoms with Crippen LogP contribution in [-0.2, 0) is 0 Å². The first-order valence-corrected chi connectivity index (χ1v) is 6.37. The summed E-state index contributed by atoms with van der Waals surface area (Å²) >= 11 is 0. The number of amides is 1. The Morgan fingerprint density at radius 1 is 1.38 bits per heavy atom. The quantitative estimate of drug-likeness (QED) is 0.502. The van der Waals surface area contributed by atoms with Crippen LogP contribution in [0.3, 0.4) is 0 Å². The van der Waals surface area contributed by atoms with Gasteiger partial charge in [0.2, 0.25) is 0 Å². The molecule has 0 unspecified atom stereocenters. The van der Waals surface area contributed by atoms with Crippen LogP contribution in [0.4, 0.5) is 0 Å². The van der Waals surface area contributed by atoms with E-state index in [1.165, 1.54) is 6.20 Å². The third-order valence-electron chi connectivity index (χ3n) is 2.53. The minimum atomic E-state index is -0.307. The molecular weight excluding hydrogens is 266 g/mol. The molecule has 5 nitrogen and oxygen atoms in total. The number of hydrogen-bond acceptors (Lipinski definition) is 4. The van der Waals surface area contributed by atoms with Crippen molar-refractivity contribution in [2.24, 2.45) is 5.10 Å². The summed E-state index contributed by atoms with van der Waals surface area (Å²) in [7, 11) is 0. The number of nitrogens with zero attached hydrogens (tertiary/aromatic N) is 2. The Morgan fingerprint density at radius 2 is 2.29 bits per heavy atom. The second-order valence-corrected chi connectivity index (χ2v) is 4.11. The zero-order valence-corrected chi connectivity index (χ0v) is 11.4. The Balaban J connectivity index is 1.95. The molecule has 1 amide bonds. The maximum Gasteiger partial charge on any atom is 0.272 e. The van der Waals surface area contributed by atoms with Gasteiger partial charge in [-0.25, -0.2) is 5.43 Å². The average Bonchev–Trinajstić information content (AvgIpc) is 2.54. The van der Waals surface area contributed by atoms with Crippen molar-refractivity contribution in [3.63, 3.8) is 0 Å². The van der Waals surface area contributed by atoms with Gasteiger partial charge in [0.05, 0.1) is 11.8 Å². The van der Waals surface area contributed by atoms with E-state index < -0.39 is 0 Å². The fourth-order valence-electron chi connectivity index (χ4n) is 1.57. The van der Waals surface area contributed by atoms with E-state index in [1.807, 2.05) is 24.3 Å². The predicted molar refractivity (Wildman–Crippen MR) is 81.4 cm³/mol. The van der Waals surface area contributed by atoms with Crippen molar-refractivity contribution >= 4 is 12.1 Å². The van der Waals surface area contributed by atoms with Crippen molar-refractivity contribution < 1.29 is 9.53 Å². The summed E-state index contributed by atoms with van der Waals surface area (Å²) in [6.07, 6.45) is 6.31. The SMILES string of the molecule is C=CCOc1cccc(C=NNC(=O)c2cccnc2)c1. The topological polar surface area (TPSA) is 63.6 Å². The lowest BCUT2D eigenvalue weighted by molar-refractivity contribution is 0.0955. The lowest BCUT2D eigenvalue weighted by Gasteiger charge is -2.03. The Kier molecular flexibility index (Phi) is 5.23. The second-order valence-electron chi connectivity index (χ2n) is 4.11. The minimum Gasteiger partial charge on any atom is -0.490 e. The molecule has 0 aliphatic carbocycles. The van der Waals surface area contributed by atoms with E-state index in [0.717, 1.165) is 11.3 Å². The first-order valence-electron chi connectivity index (χ1n) is 6.37. The van der Waals surface area contributed by atoms with Crippen molar-refractivity contribution in [1.29, 1.82) is 0 Å². The van der Waals surface area contributed by atoms with E-state index >= 15 is 0 Å². The summed E-state index contributed by atoms with van der Waals surface area (Å²) in [5, 5.41) is 3.91. The summed E-state index contributed by atoms with van der Waals surface area (Å²) in [6, 6.07) is 10.7. The second kappa shape index (κ2) is 7.59. The number of pyridine rings is 1. The van der Waals surface area contributed by atoms with Gasteiger partial charge in [0, 0.05) is 12.4 Å². The Morgan fingerprint density at radius 3 is 3.05 bits per heavy atom. The summed E-state index contributed by atoms with van der Waals surface area (Å²) in [5.74, 6) is 0.413. The molecule has 1 aromatic heterocycles. The first-order chi connectivity index (χ1) is 10.3. The number of benzene rings is 1. The highest BCUT2D eigenvalue weighted by Gasteiger charge is 2.02. The molecule has 2 rings (SSSR count). The van der Waals surface area contributed by atoms with E-state index in [1.54, 1.807) is 30.6 Å². The van der Waals surface area contributed by atoms with Crippen LogP contribution >= 0.6 is 0 Å². The standard InChI is InChI=1S/C16H15N3O2/c1-2-9-21-15-7-3-5-13(10-15)11-18-19-16(20)14-6-4-8-17-12-14/h2-8,10-12H,1,9H2,(H,19,20). The van der Waals surface area contributed by atoms with Gasteiger partial charge < -0.3 is 4.74 Å². The minimum absolute atomic E-state index is 0.307. The molecule has 21 heavy (non-hydrogen) atoms. The lowest BCUT2D eigenvalue weighted by atomic mass is 10.2. The number of hydrogen-bond donors (Lipinski definition) is 1. The highest BCUT2D eigenvalue weighted by Crippen LogP contribution is 2.11. The number of ether oxygens (including phenoxy) is 1. The van der Waals surface area contributed by atoms with Gasteiger partial charge >= 0.3 is 0 Å². The van der Waals surface area contributed by atoms with Crippen LogP contribution in [0.2, 0.25) is 0 Å². The van der Waals surface area contributed by atoms with Crippen molar-refractivity contribution in [1.82, 2.24) is 10.4 Å². The molecule has 2 aromatic rings. The van der Waals surface area contributed by atoms with Gasteiger partial charge in [0.25, 0.3) is 5.91 Å². The number of carbonyl (C=O) groups is 1. The number of nitrogens with one attached hydrogen (secondary N) is 1.